The molecule has 0 saturated carbocycles. The van der Waals surface area contributed by atoms with E-state index in [2.05, 4.69) is 26.8 Å². The normalized spacial score (nSPS) is 13.5. The Hall–Kier alpha value is -3.68. The van der Waals surface area contributed by atoms with Crippen molar-refractivity contribution in [2.45, 2.75) is 12.8 Å². The van der Waals surface area contributed by atoms with Gasteiger partial charge >= 0.3 is 0 Å². The summed E-state index contributed by atoms with van der Waals surface area (Å²) in [5.41, 5.74) is 2.07. The van der Waals surface area contributed by atoms with Crippen molar-refractivity contribution in [3.63, 3.8) is 0 Å². The highest BCUT2D eigenvalue weighted by Gasteiger charge is 2.23. The monoisotopic (exact) mass is 377 g/mol. The molecule has 0 bridgehead atoms. The fraction of sp³-hybridized carbons (Fsp3) is 0.200. The minimum Gasteiger partial charge on any atom is -0.437 e. The lowest BCUT2D eigenvalue weighted by Gasteiger charge is -2.14. The highest BCUT2D eigenvalue weighted by atomic mass is 16.5. The molecule has 2 N–H and O–H groups in total. The number of ether oxygens (including phenoxy) is 1. The Morgan fingerprint density at radius 3 is 2.89 bits per heavy atom. The van der Waals surface area contributed by atoms with E-state index in [1.165, 1.54) is 12.3 Å². The van der Waals surface area contributed by atoms with Crippen LogP contribution in [0.3, 0.4) is 0 Å². The summed E-state index contributed by atoms with van der Waals surface area (Å²) in [7, 11) is 0. The van der Waals surface area contributed by atoms with E-state index in [1.807, 2.05) is 4.90 Å². The predicted molar refractivity (Wildman–Crippen MR) is 104 cm³/mol. The molecule has 3 aromatic rings. The first-order valence-corrected chi connectivity index (χ1v) is 8.99. The lowest BCUT2D eigenvalue weighted by Crippen LogP contribution is -2.27. The standard InChI is InChI=1S/C20H19N5O3/c1-2-16(26)23-13-6-5-7-14(10-13)28-17-12-22-19-18(24-17)15(11-21-19)20(27)25-8-3-4-9-25/h2,5-7,10-12H,1,3-4,8-9H2,(H,21,22)(H,23,26). The van der Waals surface area contributed by atoms with Crippen LogP contribution in [-0.2, 0) is 4.79 Å². The van der Waals surface area contributed by atoms with Gasteiger partial charge < -0.3 is 19.9 Å². The molecule has 28 heavy (non-hydrogen) atoms. The maximum atomic E-state index is 12.7. The van der Waals surface area contributed by atoms with Gasteiger partial charge in [-0.1, -0.05) is 12.6 Å². The molecule has 2 amide bonds. The molecule has 142 valence electrons. The first-order chi connectivity index (χ1) is 13.6. The van der Waals surface area contributed by atoms with Crippen LogP contribution in [0, 0.1) is 0 Å². The summed E-state index contributed by atoms with van der Waals surface area (Å²) in [6, 6.07) is 6.89. The van der Waals surface area contributed by atoms with Crippen LogP contribution in [0.4, 0.5) is 5.69 Å². The fourth-order valence-corrected chi connectivity index (χ4v) is 3.13. The maximum absolute atomic E-state index is 12.7. The van der Waals surface area contributed by atoms with E-state index in [4.69, 9.17) is 4.74 Å². The number of aromatic nitrogens is 3. The number of aromatic amines is 1. The van der Waals surface area contributed by atoms with E-state index in [0.717, 1.165) is 25.9 Å². The molecule has 1 aromatic carbocycles. The van der Waals surface area contributed by atoms with E-state index in [-0.39, 0.29) is 17.7 Å². The summed E-state index contributed by atoms with van der Waals surface area (Å²) >= 11 is 0. The minimum atomic E-state index is -0.309. The number of carbonyl (C=O) groups excluding carboxylic acids is 2. The lowest BCUT2D eigenvalue weighted by molar-refractivity contribution is -0.111. The lowest BCUT2D eigenvalue weighted by atomic mass is 10.2. The van der Waals surface area contributed by atoms with E-state index in [9.17, 15) is 9.59 Å². The van der Waals surface area contributed by atoms with E-state index < -0.39 is 0 Å². The van der Waals surface area contributed by atoms with Gasteiger partial charge in [0.2, 0.25) is 11.8 Å². The molecule has 8 heteroatoms. The van der Waals surface area contributed by atoms with Gasteiger partial charge in [-0.25, -0.2) is 9.97 Å². The van der Waals surface area contributed by atoms with Gasteiger partial charge in [0.25, 0.3) is 5.91 Å². The van der Waals surface area contributed by atoms with Gasteiger partial charge in [-0.05, 0) is 31.1 Å². The van der Waals surface area contributed by atoms with Crippen molar-refractivity contribution in [3.8, 4) is 11.6 Å². The second-order valence-corrected chi connectivity index (χ2v) is 6.43. The van der Waals surface area contributed by atoms with Crippen LogP contribution >= 0.6 is 0 Å². The Morgan fingerprint density at radius 2 is 2.11 bits per heavy atom. The van der Waals surface area contributed by atoms with Crippen LogP contribution in [0.25, 0.3) is 11.2 Å². The molecule has 0 unspecified atom stereocenters. The Morgan fingerprint density at radius 1 is 1.29 bits per heavy atom. The summed E-state index contributed by atoms with van der Waals surface area (Å²) < 4.78 is 5.78. The van der Waals surface area contributed by atoms with Crippen molar-refractivity contribution in [1.29, 1.82) is 0 Å². The third kappa shape index (κ3) is 3.57. The predicted octanol–water partition coefficient (Wildman–Crippen LogP) is 3.11. The van der Waals surface area contributed by atoms with Crippen molar-refractivity contribution in [2.24, 2.45) is 0 Å². The van der Waals surface area contributed by atoms with Crippen molar-refractivity contribution >= 4 is 28.7 Å². The molecule has 0 aliphatic carbocycles. The zero-order valence-corrected chi connectivity index (χ0v) is 15.1. The molecular weight excluding hydrogens is 358 g/mol. The number of H-pyrrole nitrogens is 1. The Kier molecular flexibility index (Phi) is 4.76. The van der Waals surface area contributed by atoms with Crippen LogP contribution in [0.1, 0.15) is 23.2 Å². The van der Waals surface area contributed by atoms with Gasteiger partial charge in [-0.2, -0.15) is 0 Å². The third-order valence-corrected chi connectivity index (χ3v) is 4.49. The summed E-state index contributed by atoms with van der Waals surface area (Å²) in [4.78, 5) is 37.7. The van der Waals surface area contributed by atoms with Crippen molar-refractivity contribution in [1.82, 2.24) is 19.9 Å². The molecule has 1 aliphatic heterocycles. The topological polar surface area (TPSA) is 100 Å². The highest BCUT2D eigenvalue weighted by Crippen LogP contribution is 2.25. The highest BCUT2D eigenvalue weighted by molar-refractivity contribution is 6.04. The van der Waals surface area contributed by atoms with Crippen molar-refractivity contribution in [2.75, 3.05) is 18.4 Å². The first kappa shape index (κ1) is 17.7. The van der Waals surface area contributed by atoms with Gasteiger partial charge in [0.15, 0.2) is 5.65 Å². The minimum absolute atomic E-state index is 0.0515. The van der Waals surface area contributed by atoms with E-state index in [1.54, 1.807) is 30.5 Å². The van der Waals surface area contributed by atoms with Crippen LogP contribution in [0.15, 0.2) is 49.3 Å². The van der Waals surface area contributed by atoms with Crippen molar-refractivity contribution in [3.05, 3.63) is 54.9 Å². The van der Waals surface area contributed by atoms with E-state index >= 15 is 0 Å². The quantitative estimate of drug-likeness (QED) is 0.666. The molecule has 8 nitrogen and oxygen atoms in total. The zero-order chi connectivity index (χ0) is 19.5. The number of likely N-dealkylation sites (tertiary alicyclic amines) is 1. The molecule has 0 radical (unpaired) electrons. The molecular formula is C20H19N5O3. The van der Waals surface area contributed by atoms with Crippen LogP contribution in [-0.4, -0.2) is 44.8 Å². The van der Waals surface area contributed by atoms with Gasteiger partial charge in [0.1, 0.15) is 11.3 Å². The molecule has 1 saturated heterocycles. The summed E-state index contributed by atoms with van der Waals surface area (Å²) in [5.74, 6) is 0.383. The second-order valence-electron chi connectivity index (χ2n) is 6.43. The molecule has 3 heterocycles. The zero-order valence-electron chi connectivity index (χ0n) is 15.1. The van der Waals surface area contributed by atoms with Crippen LogP contribution in [0.2, 0.25) is 0 Å². The number of carbonyl (C=O) groups is 2. The Labute approximate surface area is 161 Å². The van der Waals surface area contributed by atoms with Crippen LogP contribution < -0.4 is 10.1 Å². The maximum Gasteiger partial charge on any atom is 0.257 e. The Balaban J connectivity index is 1.59. The molecule has 0 atom stereocenters. The van der Waals surface area contributed by atoms with Crippen LogP contribution in [0.5, 0.6) is 11.6 Å². The largest absolute Gasteiger partial charge is 0.437 e. The summed E-state index contributed by atoms with van der Waals surface area (Å²) in [6.45, 7) is 4.95. The number of hydrogen-bond donors (Lipinski definition) is 2. The van der Waals surface area contributed by atoms with E-state index in [0.29, 0.717) is 28.2 Å². The smallest absolute Gasteiger partial charge is 0.257 e. The molecule has 1 fully saturated rings. The number of nitrogens with zero attached hydrogens (tertiary/aromatic N) is 3. The second kappa shape index (κ2) is 7.51. The van der Waals surface area contributed by atoms with Gasteiger partial charge in [-0.3, -0.25) is 9.59 Å². The molecule has 2 aromatic heterocycles. The number of nitrogens with one attached hydrogen (secondary N) is 2. The summed E-state index contributed by atoms with van der Waals surface area (Å²) in [5, 5.41) is 2.67. The number of fused-ring (bicyclic) bond motifs is 1. The summed E-state index contributed by atoms with van der Waals surface area (Å²) in [6.07, 6.45) is 6.36. The van der Waals surface area contributed by atoms with Gasteiger partial charge in [-0.15, -0.1) is 0 Å². The molecule has 0 spiro atoms. The number of benzene rings is 1. The first-order valence-electron chi connectivity index (χ1n) is 8.99. The average Bonchev–Trinajstić information content (AvgIpc) is 3.37. The number of rotatable bonds is 5. The van der Waals surface area contributed by atoms with Crippen molar-refractivity contribution < 1.29 is 14.3 Å². The average molecular weight is 377 g/mol. The number of anilines is 1. The fourth-order valence-electron chi connectivity index (χ4n) is 3.13. The SMILES string of the molecule is C=CC(=O)Nc1cccc(Oc2cnc3[nH]cc(C(=O)N4CCCC4)c3n2)c1. The number of amides is 2. The Bertz CT molecular complexity index is 1050. The third-order valence-electron chi connectivity index (χ3n) is 4.49. The molecule has 4 rings (SSSR count). The molecule has 1 aliphatic rings. The van der Waals surface area contributed by atoms with Gasteiger partial charge in [0, 0.05) is 31.0 Å². The number of hydrogen-bond acceptors (Lipinski definition) is 5. The van der Waals surface area contributed by atoms with Gasteiger partial charge in [0.05, 0.1) is 11.8 Å².